The van der Waals surface area contributed by atoms with E-state index in [2.05, 4.69) is 6.92 Å². The maximum absolute atomic E-state index is 12.2. The number of carbonyl (C=O) groups excluding carboxylic acids is 1. The molecular weight excluding hydrogens is 306 g/mol. The fourth-order valence-electron chi connectivity index (χ4n) is 2.49. The molecule has 0 radical (unpaired) electrons. The summed E-state index contributed by atoms with van der Waals surface area (Å²) in [5, 5.41) is 0. The standard InChI is InChI=1S/C19H27NO4/c1-3-4-5-12-24-18-15-17(22-2)8-6-16(18)7-9-19(21)20-10-13-23-14-11-20/h6-9,15H,3-5,10-14H2,1-2H3. The van der Waals surface area contributed by atoms with Crippen LogP contribution in [0, 0.1) is 0 Å². The quantitative estimate of drug-likeness (QED) is 0.542. The summed E-state index contributed by atoms with van der Waals surface area (Å²) in [5.74, 6) is 1.50. The van der Waals surface area contributed by atoms with Crippen molar-refractivity contribution >= 4 is 12.0 Å². The zero-order valence-electron chi connectivity index (χ0n) is 14.6. The predicted octanol–water partition coefficient (Wildman–Crippen LogP) is 3.14. The van der Waals surface area contributed by atoms with Crippen molar-refractivity contribution in [1.82, 2.24) is 4.90 Å². The van der Waals surface area contributed by atoms with E-state index in [1.54, 1.807) is 18.1 Å². The molecule has 0 N–H and O–H groups in total. The van der Waals surface area contributed by atoms with Crippen molar-refractivity contribution in [3.05, 3.63) is 29.8 Å². The van der Waals surface area contributed by atoms with Crippen LogP contribution in [-0.4, -0.2) is 50.8 Å². The highest BCUT2D eigenvalue weighted by molar-refractivity contribution is 5.92. The molecule has 1 saturated heterocycles. The molecule has 0 spiro atoms. The molecule has 1 aliphatic heterocycles. The zero-order chi connectivity index (χ0) is 17.2. The van der Waals surface area contributed by atoms with Gasteiger partial charge in [0, 0.05) is 30.8 Å². The second-order valence-corrected chi connectivity index (χ2v) is 5.73. The second kappa shape index (κ2) is 9.98. The van der Waals surface area contributed by atoms with Crippen LogP contribution in [0.15, 0.2) is 24.3 Å². The summed E-state index contributed by atoms with van der Waals surface area (Å²) in [5.41, 5.74) is 0.883. The fraction of sp³-hybridized carbons (Fsp3) is 0.526. The van der Waals surface area contributed by atoms with Crippen molar-refractivity contribution in [2.24, 2.45) is 0 Å². The number of hydrogen-bond acceptors (Lipinski definition) is 4. The summed E-state index contributed by atoms with van der Waals surface area (Å²) >= 11 is 0. The topological polar surface area (TPSA) is 48.0 Å². The molecule has 5 heteroatoms. The minimum atomic E-state index is 0.00560. The van der Waals surface area contributed by atoms with Gasteiger partial charge in [0.05, 0.1) is 26.9 Å². The van der Waals surface area contributed by atoms with Crippen LogP contribution in [0.5, 0.6) is 11.5 Å². The molecule has 1 aromatic rings. The predicted molar refractivity (Wildman–Crippen MR) is 94.4 cm³/mol. The third kappa shape index (κ3) is 5.57. The van der Waals surface area contributed by atoms with Gasteiger partial charge in [-0.25, -0.2) is 0 Å². The largest absolute Gasteiger partial charge is 0.497 e. The van der Waals surface area contributed by atoms with E-state index in [0.717, 1.165) is 36.3 Å². The maximum Gasteiger partial charge on any atom is 0.246 e. The van der Waals surface area contributed by atoms with Crippen molar-refractivity contribution in [2.45, 2.75) is 26.2 Å². The maximum atomic E-state index is 12.2. The summed E-state index contributed by atoms with van der Waals surface area (Å²) in [7, 11) is 1.63. The molecule has 1 aliphatic rings. The normalized spacial score (nSPS) is 14.8. The lowest BCUT2D eigenvalue weighted by molar-refractivity contribution is -0.129. The van der Waals surface area contributed by atoms with Gasteiger partial charge in [-0.05, 0) is 24.6 Å². The van der Waals surface area contributed by atoms with Crippen molar-refractivity contribution in [3.63, 3.8) is 0 Å². The van der Waals surface area contributed by atoms with Gasteiger partial charge in [-0.2, -0.15) is 0 Å². The number of rotatable bonds is 8. The van der Waals surface area contributed by atoms with Gasteiger partial charge in [0.2, 0.25) is 5.91 Å². The van der Waals surface area contributed by atoms with Crippen molar-refractivity contribution in [3.8, 4) is 11.5 Å². The molecule has 0 bridgehead atoms. The van der Waals surface area contributed by atoms with Gasteiger partial charge in [-0.1, -0.05) is 19.8 Å². The fourth-order valence-corrected chi connectivity index (χ4v) is 2.49. The molecule has 2 rings (SSSR count). The van der Waals surface area contributed by atoms with Crippen LogP contribution in [-0.2, 0) is 9.53 Å². The van der Waals surface area contributed by atoms with E-state index in [1.807, 2.05) is 24.3 Å². The van der Waals surface area contributed by atoms with E-state index in [0.29, 0.717) is 32.9 Å². The summed E-state index contributed by atoms with van der Waals surface area (Å²) in [6, 6.07) is 5.65. The number of nitrogens with zero attached hydrogens (tertiary/aromatic N) is 1. The first-order valence-electron chi connectivity index (χ1n) is 8.60. The van der Waals surface area contributed by atoms with E-state index < -0.39 is 0 Å². The molecule has 0 atom stereocenters. The number of carbonyl (C=O) groups is 1. The van der Waals surface area contributed by atoms with Crippen LogP contribution in [0.3, 0.4) is 0 Å². The number of ether oxygens (including phenoxy) is 3. The monoisotopic (exact) mass is 333 g/mol. The van der Waals surface area contributed by atoms with Gasteiger partial charge in [0.25, 0.3) is 0 Å². The van der Waals surface area contributed by atoms with E-state index in [9.17, 15) is 4.79 Å². The molecule has 1 amide bonds. The molecule has 5 nitrogen and oxygen atoms in total. The Bertz CT molecular complexity index is 550. The molecular formula is C19H27NO4. The highest BCUT2D eigenvalue weighted by atomic mass is 16.5. The van der Waals surface area contributed by atoms with Crippen LogP contribution < -0.4 is 9.47 Å². The van der Waals surface area contributed by atoms with Gasteiger partial charge in [-0.15, -0.1) is 0 Å². The lowest BCUT2D eigenvalue weighted by Crippen LogP contribution is -2.39. The Morgan fingerprint density at radius 3 is 2.79 bits per heavy atom. The summed E-state index contributed by atoms with van der Waals surface area (Å²) in [6.45, 7) is 5.33. The van der Waals surface area contributed by atoms with E-state index in [1.165, 1.54) is 0 Å². The third-order valence-electron chi connectivity index (χ3n) is 3.95. The van der Waals surface area contributed by atoms with Crippen molar-refractivity contribution < 1.29 is 19.0 Å². The Morgan fingerprint density at radius 2 is 2.08 bits per heavy atom. The molecule has 0 unspecified atom stereocenters. The summed E-state index contributed by atoms with van der Waals surface area (Å²) < 4.78 is 16.4. The highest BCUT2D eigenvalue weighted by Crippen LogP contribution is 2.26. The number of methoxy groups -OCH3 is 1. The summed E-state index contributed by atoms with van der Waals surface area (Å²) in [6.07, 6.45) is 6.73. The number of unbranched alkanes of at least 4 members (excludes halogenated alkanes) is 2. The number of amides is 1. The highest BCUT2D eigenvalue weighted by Gasteiger charge is 2.14. The van der Waals surface area contributed by atoms with Gasteiger partial charge in [-0.3, -0.25) is 4.79 Å². The van der Waals surface area contributed by atoms with Crippen molar-refractivity contribution in [2.75, 3.05) is 40.0 Å². The molecule has 1 heterocycles. The van der Waals surface area contributed by atoms with Gasteiger partial charge in [0.1, 0.15) is 11.5 Å². The van der Waals surface area contributed by atoms with Crippen LogP contribution >= 0.6 is 0 Å². The Hall–Kier alpha value is -2.01. The number of morpholine rings is 1. The summed E-state index contributed by atoms with van der Waals surface area (Å²) in [4.78, 5) is 14.0. The first-order chi connectivity index (χ1) is 11.7. The van der Waals surface area contributed by atoms with Gasteiger partial charge >= 0.3 is 0 Å². The Morgan fingerprint density at radius 1 is 1.29 bits per heavy atom. The first-order valence-corrected chi connectivity index (χ1v) is 8.60. The molecule has 0 aliphatic carbocycles. The molecule has 0 aromatic heterocycles. The zero-order valence-corrected chi connectivity index (χ0v) is 14.6. The molecule has 1 aromatic carbocycles. The lowest BCUT2D eigenvalue weighted by Gasteiger charge is -2.25. The third-order valence-corrected chi connectivity index (χ3v) is 3.95. The lowest BCUT2D eigenvalue weighted by atomic mass is 10.1. The van der Waals surface area contributed by atoms with Crippen LogP contribution in [0.2, 0.25) is 0 Å². The van der Waals surface area contributed by atoms with Gasteiger partial charge < -0.3 is 19.1 Å². The first kappa shape index (κ1) is 18.3. The average Bonchev–Trinajstić information content (AvgIpc) is 2.64. The molecule has 1 fully saturated rings. The Balaban J connectivity index is 2.03. The molecule has 0 saturated carbocycles. The van der Waals surface area contributed by atoms with Crippen LogP contribution in [0.1, 0.15) is 31.7 Å². The van der Waals surface area contributed by atoms with Crippen LogP contribution in [0.25, 0.3) is 6.08 Å². The molecule has 24 heavy (non-hydrogen) atoms. The second-order valence-electron chi connectivity index (χ2n) is 5.73. The minimum absolute atomic E-state index is 0.00560. The number of benzene rings is 1. The minimum Gasteiger partial charge on any atom is -0.497 e. The van der Waals surface area contributed by atoms with Crippen LogP contribution in [0.4, 0.5) is 0 Å². The smallest absolute Gasteiger partial charge is 0.246 e. The Labute approximate surface area is 144 Å². The van der Waals surface area contributed by atoms with E-state index in [-0.39, 0.29) is 5.91 Å². The Kier molecular flexibility index (Phi) is 7.62. The molecule has 132 valence electrons. The van der Waals surface area contributed by atoms with Crippen molar-refractivity contribution in [1.29, 1.82) is 0 Å². The average molecular weight is 333 g/mol. The number of hydrogen-bond donors (Lipinski definition) is 0. The SMILES string of the molecule is CCCCCOc1cc(OC)ccc1C=CC(=O)N1CCOCC1. The van der Waals surface area contributed by atoms with E-state index >= 15 is 0 Å². The van der Waals surface area contributed by atoms with Gasteiger partial charge in [0.15, 0.2) is 0 Å². The van der Waals surface area contributed by atoms with E-state index in [4.69, 9.17) is 14.2 Å².